The standard InChI is InChI=1S/C23H26N2O4S/c1-4-27-19-13-17(11-12-18(19)29-14-16-9-7-6-8-10-16)21-20(22(26)28-5-2)15(3)24-23(30)25-21/h6-13,21H,4-5,14H2,1-3H3,(H2,24,25,30). The first-order valence-electron chi connectivity index (χ1n) is 9.92. The summed E-state index contributed by atoms with van der Waals surface area (Å²) < 4.78 is 17.1. The summed E-state index contributed by atoms with van der Waals surface area (Å²) in [7, 11) is 0. The van der Waals surface area contributed by atoms with Crippen molar-refractivity contribution in [3.8, 4) is 11.5 Å². The topological polar surface area (TPSA) is 68.8 Å². The highest BCUT2D eigenvalue weighted by molar-refractivity contribution is 7.80. The summed E-state index contributed by atoms with van der Waals surface area (Å²) in [6.07, 6.45) is 0. The van der Waals surface area contributed by atoms with Crippen LogP contribution in [0.2, 0.25) is 0 Å². The number of allylic oxidation sites excluding steroid dienone is 1. The Hall–Kier alpha value is -3.06. The molecule has 3 rings (SSSR count). The van der Waals surface area contributed by atoms with Gasteiger partial charge in [-0.05, 0) is 56.2 Å². The molecule has 0 bridgehead atoms. The molecular weight excluding hydrogens is 400 g/mol. The van der Waals surface area contributed by atoms with Gasteiger partial charge >= 0.3 is 5.97 Å². The molecule has 1 aliphatic rings. The highest BCUT2D eigenvalue weighted by Gasteiger charge is 2.31. The molecule has 0 amide bonds. The van der Waals surface area contributed by atoms with Crippen molar-refractivity contribution >= 4 is 23.3 Å². The Labute approximate surface area is 182 Å². The second-order valence-corrected chi connectivity index (χ2v) is 7.11. The molecule has 158 valence electrons. The molecule has 30 heavy (non-hydrogen) atoms. The molecule has 1 atom stereocenters. The third-order valence-corrected chi connectivity index (χ3v) is 4.82. The number of carbonyl (C=O) groups is 1. The van der Waals surface area contributed by atoms with Gasteiger partial charge in [0.1, 0.15) is 6.61 Å². The van der Waals surface area contributed by atoms with Gasteiger partial charge in [0, 0.05) is 5.70 Å². The van der Waals surface area contributed by atoms with Crippen LogP contribution in [-0.4, -0.2) is 24.3 Å². The maximum atomic E-state index is 12.6. The fourth-order valence-electron chi connectivity index (χ4n) is 3.25. The van der Waals surface area contributed by atoms with Crippen molar-refractivity contribution < 1.29 is 19.0 Å². The number of rotatable bonds is 8. The fraction of sp³-hybridized carbons (Fsp3) is 0.304. The predicted octanol–water partition coefficient (Wildman–Crippen LogP) is 4.02. The van der Waals surface area contributed by atoms with E-state index in [0.29, 0.717) is 47.7 Å². The number of nitrogens with one attached hydrogen (secondary N) is 2. The Morgan fingerprint density at radius 1 is 1.03 bits per heavy atom. The van der Waals surface area contributed by atoms with E-state index in [1.54, 1.807) is 6.92 Å². The van der Waals surface area contributed by atoms with E-state index in [1.807, 2.05) is 62.4 Å². The summed E-state index contributed by atoms with van der Waals surface area (Å²) in [6, 6.07) is 15.1. The summed E-state index contributed by atoms with van der Waals surface area (Å²) in [4.78, 5) is 12.6. The Morgan fingerprint density at radius 3 is 2.50 bits per heavy atom. The lowest BCUT2D eigenvalue weighted by molar-refractivity contribution is -0.139. The van der Waals surface area contributed by atoms with E-state index < -0.39 is 6.04 Å². The first-order valence-corrected chi connectivity index (χ1v) is 10.3. The molecule has 0 saturated heterocycles. The quantitative estimate of drug-likeness (QED) is 0.488. The zero-order valence-electron chi connectivity index (χ0n) is 17.4. The Balaban J connectivity index is 1.90. The lowest BCUT2D eigenvalue weighted by Gasteiger charge is -2.30. The van der Waals surface area contributed by atoms with E-state index in [4.69, 9.17) is 26.4 Å². The van der Waals surface area contributed by atoms with E-state index in [2.05, 4.69) is 10.6 Å². The Bertz CT molecular complexity index is 943. The molecule has 0 fully saturated rings. The highest BCUT2D eigenvalue weighted by atomic mass is 32.1. The van der Waals surface area contributed by atoms with Crippen molar-refractivity contribution in [2.45, 2.75) is 33.4 Å². The average Bonchev–Trinajstić information content (AvgIpc) is 2.73. The van der Waals surface area contributed by atoms with Crippen molar-refractivity contribution in [2.24, 2.45) is 0 Å². The second kappa shape index (κ2) is 10.1. The molecule has 2 aromatic carbocycles. The van der Waals surface area contributed by atoms with Gasteiger partial charge in [-0.15, -0.1) is 0 Å². The van der Waals surface area contributed by atoms with Gasteiger partial charge in [0.15, 0.2) is 16.6 Å². The highest BCUT2D eigenvalue weighted by Crippen LogP contribution is 2.35. The van der Waals surface area contributed by atoms with Crippen molar-refractivity contribution in [2.75, 3.05) is 13.2 Å². The van der Waals surface area contributed by atoms with Gasteiger partial charge in [0.25, 0.3) is 0 Å². The first-order chi connectivity index (χ1) is 14.5. The summed E-state index contributed by atoms with van der Waals surface area (Å²) in [6.45, 7) is 6.73. The van der Waals surface area contributed by atoms with E-state index in [-0.39, 0.29) is 5.97 Å². The molecule has 0 saturated carbocycles. The van der Waals surface area contributed by atoms with Crippen LogP contribution in [0.15, 0.2) is 59.8 Å². The fourth-order valence-corrected chi connectivity index (χ4v) is 3.52. The van der Waals surface area contributed by atoms with Crippen LogP contribution in [0.5, 0.6) is 11.5 Å². The lowest BCUT2D eigenvalue weighted by atomic mass is 9.95. The van der Waals surface area contributed by atoms with Gasteiger partial charge in [0.05, 0.1) is 24.8 Å². The molecule has 1 heterocycles. The largest absolute Gasteiger partial charge is 0.490 e. The number of esters is 1. The van der Waals surface area contributed by atoms with Crippen LogP contribution < -0.4 is 20.1 Å². The van der Waals surface area contributed by atoms with Crippen molar-refractivity contribution in [1.29, 1.82) is 0 Å². The molecule has 0 aliphatic carbocycles. The number of carbonyl (C=O) groups excluding carboxylic acids is 1. The van der Waals surface area contributed by atoms with Crippen LogP contribution in [0.3, 0.4) is 0 Å². The SMILES string of the molecule is CCOC(=O)C1=C(C)NC(=S)NC1c1ccc(OCc2ccccc2)c(OCC)c1. The maximum absolute atomic E-state index is 12.6. The number of thiocarbonyl (C=S) groups is 1. The number of hydrogen-bond donors (Lipinski definition) is 2. The molecule has 6 nitrogen and oxygen atoms in total. The van der Waals surface area contributed by atoms with Gasteiger partial charge in [0.2, 0.25) is 0 Å². The molecule has 2 N–H and O–H groups in total. The number of hydrogen-bond acceptors (Lipinski definition) is 5. The summed E-state index contributed by atoms with van der Waals surface area (Å²) in [5, 5.41) is 6.62. The van der Waals surface area contributed by atoms with Crippen molar-refractivity contribution in [3.05, 3.63) is 70.9 Å². The number of benzene rings is 2. The second-order valence-electron chi connectivity index (χ2n) is 6.70. The molecule has 1 aliphatic heterocycles. The van der Waals surface area contributed by atoms with Crippen LogP contribution in [0.4, 0.5) is 0 Å². The van der Waals surface area contributed by atoms with Gasteiger partial charge in [-0.3, -0.25) is 0 Å². The van der Waals surface area contributed by atoms with E-state index in [1.165, 1.54) is 0 Å². The van der Waals surface area contributed by atoms with Crippen LogP contribution >= 0.6 is 12.2 Å². The van der Waals surface area contributed by atoms with Crippen LogP contribution in [-0.2, 0) is 16.1 Å². The molecule has 0 spiro atoms. The van der Waals surface area contributed by atoms with Crippen molar-refractivity contribution in [3.63, 3.8) is 0 Å². The Kier molecular flexibility index (Phi) is 7.30. The molecule has 0 radical (unpaired) electrons. The maximum Gasteiger partial charge on any atom is 0.338 e. The van der Waals surface area contributed by atoms with Gasteiger partial charge in [-0.2, -0.15) is 0 Å². The third-order valence-electron chi connectivity index (χ3n) is 4.60. The summed E-state index contributed by atoms with van der Waals surface area (Å²) >= 11 is 5.31. The third kappa shape index (κ3) is 5.10. The van der Waals surface area contributed by atoms with Gasteiger partial charge in [-0.25, -0.2) is 4.79 Å². The molecule has 2 aromatic rings. The first kappa shape index (κ1) is 21.6. The van der Waals surface area contributed by atoms with Crippen LogP contribution in [0, 0.1) is 0 Å². The Morgan fingerprint density at radius 2 is 1.80 bits per heavy atom. The van der Waals surface area contributed by atoms with Gasteiger partial charge < -0.3 is 24.8 Å². The minimum absolute atomic E-state index is 0.295. The normalized spacial score (nSPS) is 15.8. The smallest absolute Gasteiger partial charge is 0.338 e. The predicted molar refractivity (Wildman–Crippen MR) is 119 cm³/mol. The average molecular weight is 427 g/mol. The van der Waals surface area contributed by atoms with Crippen LogP contribution in [0.1, 0.15) is 37.9 Å². The number of ether oxygens (including phenoxy) is 3. The molecule has 0 aromatic heterocycles. The van der Waals surface area contributed by atoms with Crippen molar-refractivity contribution in [1.82, 2.24) is 10.6 Å². The summed E-state index contributed by atoms with van der Waals surface area (Å²) in [5.74, 6) is 0.863. The van der Waals surface area contributed by atoms with E-state index >= 15 is 0 Å². The molecule has 1 unspecified atom stereocenters. The summed E-state index contributed by atoms with van der Waals surface area (Å²) in [5.41, 5.74) is 3.06. The van der Waals surface area contributed by atoms with E-state index in [0.717, 1.165) is 11.1 Å². The lowest BCUT2D eigenvalue weighted by Crippen LogP contribution is -2.45. The zero-order chi connectivity index (χ0) is 21.5. The monoisotopic (exact) mass is 426 g/mol. The van der Waals surface area contributed by atoms with Gasteiger partial charge in [-0.1, -0.05) is 36.4 Å². The minimum atomic E-state index is -0.444. The minimum Gasteiger partial charge on any atom is -0.490 e. The van der Waals surface area contributed by atoms with E-state index in [9.17, 15) is 4.79 Å². The zero-order valence-corrected chi connectivity index (χ0v) is 18.2. The van der Waals surface area contributed by atoms with Crippen LogP contribution in [0.25, 0.3) is 0 Å². The molecular formula is C23H26N2O4S. The molecule has 7 heteroatoms.